The maximum absolute atomic E-state index is 12.1. The first-order chi connectivity index (χ1) is 11.8. The lowest BCUT2D eigenvalue weighted by Crippen LogP contribution is -2.22. The van der Waals surface area contributed by atoms with Crippen molar-refractivity contribution >= 4 is 44.2 Å². The minimum absolute atomic E-state index is 0.0632. The van der Waals surface area contributed by atoms with Gasteiger partial charge in [0, 0.05) is 25.0 Å². The lowest BCUT2D eigenvalue weighted by Gasteiger charge is -2.11. The molecule has 0 fully saturated rings. The molecule has 1 aromatic carbocycles. The number of aromatic nitrogens is 1. The molecule has 0 aliphatic rings. The zero-order chi connectivity index (χ0) is 18.4. The van der Waals surface area contributed by atoms with Crippen LogP contribution in [0.5, 0.6) is 0 Å². The van der Waals surface area contributed by atoms with E-state index >= 15 is 0 Å². The zero-order valence-corrected chi connectivity index (χ0v) is 16.8. The molecule has 0 radical (unpaired) electrons. The van der Waals surface area contributed by atoms with Gasteiger partial charge < -0.3 is 5.32 Å². The Bertz CT molecular complexity index is 815. The van der Waals surface area contributed by atoms with Crippen molar-refractivity contribution in [2.45, 2.75) is 18.2 Å². The molecule has 9 heteroatoms. The Labute approximate surface area is 156 Å². The average Bonchev–Trinajstić information content (AvgIpc) is 3.03. The normalized spacial score (nSPS) is 11.7. The molecule has 6 nitrogen and oxygen atoms in total. The second kappa shape index (κ2) is 8.79. The number of amides is 1. The Kier molecular flexibility index (Phi) is 7.00. The third-order valence-corrected chi connectivity index (χ3v) is 7.01. The number of sulfonamides is 1. The van der Waals surface area contributed by atoms with Gasteiger partial charge in [-0.15, -0.1) is 11.3 Å². The monoisotopic (exact) mass is 399 g/mol. The number of rotatable bonds is 8. The quantitative estimate of drug-likeness (QED) is 0.690. The molecule has 1 heterocycles. The maximum Gasteiger partial charge on any atom is 0.242 e. The molecule has 0 atom stereocenters. The zero-order valence-electron chi connectivity index (χ0n) is 14.4. The van der Waals surface area contributed by atoms with E-state index < -0.39 is 10.0 Å². The molecule has 1 aromatic heterocycles. The van der Waals surface area contributed by atoms with Gasteiger partial charge in [-0.3, -0.25) is 4.79 Å². The third kappa shape index (κ3) is 5.27. The molecule has 1 amide bonds. The smallest absolute Gasteiger partial charge is 0.242 e. The number of thiazole rings is 1. The van der Waals surface area contributed by atoms with Crippen LogP contribution in [0.1, 0.15) is 13.3 Å². The lowest BCUT2D eigenvalue weighted by molar-refractivity contribution is -0.113. The molecule has 0 spiro atoms. The van der Waals surface area contributed by atoms with Crippen LogP contribution in [0.25, 0.3) is 11.3 Å². The fourth-order valence-electron chi connectivity index (χ4n) is 1.94. The predicted octanol–water partition coefficient (Wildman–Crippen LogP) is 3.14. The van der Waals surface area contributed by atoms with Gasteiger partial charge in [-0.2, -0.15) is 11.8 Å². The first-order valence-electron chi connectivity index (χ1n) is 7.70. The molecule has 0 unspecified atom stereocenters. The van der Waals surface area contributed by atoms with Crippen molar-refractivity contribution in [3.63, 3.8) is 0 Å². The van der Waals surface area contributed by atoms with Crippen LogP contribution >= 0.6 is 23.1 Å². The molecule has 0 aliphatic carbocycles. The molecule has 25 heavy (non-hydrogen) atoms. The number of carbonyl (C=O) groups excluding carboxylic acids is 1. The Morgan fingerprint density at radius 1 is 1.28 bits per heavy atom. The van der Waals surface area contributed by atoms with Gasteiger partial charge in [-0.05, 0) is 24.3 Å². The largest absolute Gasteiger partial charge is 0.301 e. The summed E-state index contributed by atoms with van der Waals surface area (Å²) in [7, 11) is -0.447. The predicted molar refractivity (Wildman–Crippen MR) is 105 cm³/mol. The number of carbonyl (C=O) groups is 1. The molecular formula is C16H21N3O3S3. The van der Waals surface area contributed by atoms with Crippen molar-refractivity contribution in [1.82, 2.24) is 9.29 Å². The van der Waals surface area contributed by atoms with Gasteiger partial charge in [0.1, 0.15) is 0 Å². The van der Waals surface area contributed by atoms with Crippen LogP contribution in [0, 0.1) is 0 Å². The number of anilines is 1. The van der Waals surface area contributed by atoms with Crippen molar-refractivity contribution in [3.8, 4) is 11.3 Å². The minimum atomic E-state index is -3.44. The van der Waals surface area contributed by atoms with E-state index in [4.69, 9.17) is 0 Å². The van der Waals surface area contributed by atoms with E-state index in [1.54, 1.807) is 36.0 Å². The van der Waals surface area contributed by atoms with E-state index in [1.807, 2.05) is 5.38 Å². The molecule has 0 bridgehead atoms. The Morgan fingerprint density at radius 3 is 2.56 bits per heavy atom. The summed E-state index contributed by atoms with van der Waals surface area (Å²) in [6.07, 6.45) is 1.04. The highest BCUT2D eigenvalue weighted by Crippen LogP contribution is 2.26. The second-order valence-electron chi connectivity index (χ2n) is 5.45. The van der Waals surface area contributed by atoms with E-state index in [0.717, 1.165) is 17.7 Å². The van der Waals surface area contributed by atoms with Crippen LogP contribution in [-0.4, -0.2) is 49.2 Å². The SMILES string of the molecule is CCCSCC(=O)Nc1nc(-c2ccc(S(=O)(=O)N(C)C)cc2)cs1. The maximum atomic E-state index is 12.1. The number of thioether (sulfide) groups is 1. The summed E-state index contributed by atoms with van der Waals surface area (Å²) in [5, 5.41) is 5.17. The molecule has 136 valence electrons. The first kappa shape index (κ1) is 19.9. The van der Waals surface area contributed by atoms with Gasteiger partial charge in [0.05, 0.1) is 16.3 Å². The van der Waals surface area contributed by atoms with Crippen LogP contribution in [0.3, 0.4) is 0 Å². The second-order valence-corrected chi connectivity index (χ2v) is 9.57. The fourth-order valence-corrected chi connectivity index (χ4v) is 4.26. The van der Waals surface area contributed by atoms with Crippen molar-refractivity contribution in [2.24, 2.45) is 0 Å². The van der Waals surface area contributed by atoms with Gasteiger partial charge in [-0.25, -0.2) is 17.7 Å². The minimum Gasteiger partial charge on any atom is -0.301 e. The standard InChI is InChI=1S/C16H21N3O3S3/c1-4-9-23-11-15(20)18-16-17-14(10-24-16)12-5-7-13(8-6-12)25(21,22)19(2)3/h5-8,10H,4,9,11H2,1-3H3,(H,17,18,20). The molecular weight excluding hydrogens is 378 g/mol. The van der Waals surface area contributed by atoms with E-state index in [0.29, 0.717) is 16.6 Å². The first-order valence-corrected chi connectivity index (χ1v) is 11.2. The van der Waals surface area contributed by atoms with Crippen LogP contribution in [0.4, 0.5) is 5.13 Å². The van der Waals surface area contributed by atoms with Gasteiger partial charge >= 0.3 is 0 Å². The third-order valence-electron chi connectivity index (χ3n) is 3.26. The number of nitrogens with zero attached hydrogens (tertiary/aromatic N) is 2. The molecule has 0 saturated heterocycles. The topological polar surface area (TPSA) is 79.4 Å². The van der Waals surface area contributed by atoms with E-state index in [9.17, 15) is 13.2 Å². The van der Waals surface area contributed by atoms with Crippen LogP contribution in [0.2, 0.25) is 0 Å². The number of hydrogen-bond donors (Lipinski definition) is 1. The van der Waals surface area contributed by atoms with Crippen LogP contribution < -0.4 is 5.32 Å². The van der Waals surface area contributed by atoms with Crippen molar-refractivity contribution in [1.29, 1.82) is 0 Å². The van der Waals surface area contributed by atoms with Gasteiger partial charge in [0.15, 0.2) is 5.13 Å². The van der Waals surface area contributed by atoms with Crippen LogP contribution in [0.15, 0.2) is 34.5 Å². The Hall–Kier alpha value is -1.42. The highest BCUT2D eigenvalue weighted by molar-refractivity contribution is 7.99. The molecule has 0 aliphatic heterocycles. The molecule has 0 saturated carbocycles. The number of hydrogen-bond acceptors (Lipinski definition) is 6. The van der Waals surface area contributed by atoms with Gasteiger partial charge in [0.25, 0.3) is 0 Å². The van der Waals surface area contributed by atoms with Gasteiger partial charge in [-0.1, -0.05) is 19.1 Å². The van der Waals surface area contributed by atoms with Crippen molar-refractivity contribution < 1.29 is 13.2 Å². The van der Waals surface area contributed by atoms with Crippen molar-refractivity contribution in [3.05, 3.63) is 29.6 Å². The molecule has 1 N–H and O–H groups in total. The van der Waals surface area contributed by atoms with E-state index in [2.05, 4.69) is 17.2 Å². The Morgan fingerprint density at radius 2 is 1.96 bits per heavy atom. The average molecular weight is 400 g/mol. The summed E-state index contributed by atoms with van der Waals surface area (Å²) in [5.74, 6) is 1.31. The lowest BCUT2D eigenvalue weighted by atomic mass is 10.2. The molecule has 2 rings (SSSR count). The summed E-state index contributed by atoms with van der Waals surface area (Å²) < 4.78 is 25.3. The Balaban J connectivity index is 2.06. The van der Waals surface area contributed by atoms with E-state index in [-0.39, 0.29) is 10.8 Å². The number of benzene rings is 1. The summed E-state index contributed by atoms with van der Waals surface area (Å²) >= 11 is 2.94. The highest BCUT2D eigenvalue weighted by Gasteiger charge is 2.17. The van der Waals surface area contributed by atoms with Crippen molar-refractivity contribution in [2.75, 3.05) is 30.9 Å². The van der Waals surface area contributed by atoms with Crippen LogP contribution in [-0.2, 0) is 14.8 Å². The highest BCUT2D eigenvalue weighted by atomic mass is 32.2. The molecule has 2 aromatic rings. The summed E-state index contributed by atoms with van der Waals surface area (Å²) in [6.45, 7) is 2.08. The number of nitrogens with one attached hydrogen (secondary N) is 1. The summed E-state index contributed by atoms with van der Waals surface area (Å²) in [6, 6.07) is 6.55. The van der Waals surface area contributed by atoms with E-state index in [1.165, 1.54) is 29.7 Å². The summed E-state index contributed by atoms with van der Waals surface area (Å²) in [5.41, 5.74) is 1.50. The van der Waals surface area contributed by atoms with Gasteiger partial charge in [0.2, 0.25) is 15.9 Å². The summed E-state index contributed by atoms with van der Waals surface area (Å²) in [4.78, 5) is 16.4. The fraction of sp³-hybridized carbons (Fsp3) is 0.375.